The first-order chi connectivity index (χ1) is 19.1. The molecule has 3 nitrogen and oxygen atoms in total. The molecule has 1 aliphatic rings. The Kier molecular flexibility index (Phi) is 9.46. The van der Waals surface area contributed by atoms with E-state index in [1.165, 1.54) is 21.2 Å². The van der Waals surface area contributed by atoms with Crippen molar-refractivity contribution in [2.45, 2.75) is 31.8 Å². The molecule has 1 atom stereocenters. The van der Waals surface area contributed by atoms with Gasteiger partial charge in [0.25, 0.3) is 0 Å². The highest BCUT2D eigenvalue weighted by Crippen LogP contribution is 2.43. The molecule has 1 aliphatic heterocycles. The monoisotopic (exact) mass is 553 g/mol. The summed E-state index contributed by atoms with van der Waals surface area (Å²) in [7, 11) is -1.29. The molecule has 1 saturated heterocycles. The largest absolute Gasteiger partial charge is 0.443 e. The van der Waals surface area contributed by atoms with Crippen molar-refractivity contribution in [3.05, 3.63) is 121 Å². The first kappa shape index (κ1) is 27.6. The van der Waals surface area contributed by atoms with Gasteiger partial charge in [-0.1, -0.05) is 121 Å². The standard InChI is InChI=1S/C34H37NO2P2/c1-34(37-33(36)35-25-14-15-26-35,28-39(31-20-10-4-11-21-31)32-22-12-5-13-23-32)24-27-38(29-16-6-2-7-17-29)30-18-8-3-9-19-30/h2-13,16-23H,14-15,24-28H2,1H3. The third-order valence-electron chi connectivity index (χ3n) is 7.33. The van der Waals surface area contributed by atoms with Gasteiger partial charge in [-0.05, 0) is 69.4 Å². The Labute approximate surface area is 235 Å². The zero-order valence-corrected chi connectivity index (χ0v) is 24.4. The molecular weight excluding hydrogens is 516 g/mol. The molecule has 4 aromatic rings. The molecule has 200 valence electrons. The molecule has 0 radical (unpaired) electrons. The number of rotatable bonds is 10. The topological polar surface area (TPSA) is 29.5 Å². The van der Waals surface area contributed by atoms with Crippen LogP contribution in [0.1, 0.15) is 26.2 Å². The van der Waals surface area contributed by atoms with E-state index in [4.69, 9.17) is 4.74 Å². The lowest BCUT2D eigenvalue weighted by Gasteiger charge is -2.36. The predicted octanol–water partition coefficient (Wildman–Crippen LogP) is 6.63. The Morgan fingerprint density at radius 3 is 1.46 bits per heavy atom. The van der Waals surface area contributed by atoms with E-state index in [-0.39, 0.29) is 6.09 Å². The number of amides is 1. The van der Waals surface area contributed by atoms with Crippen molar-refractivity contribution in [1.82, 2.24) is 4.90 Å². The second kappa shape index (κ2) is 13.4. The van der Waals surface area contributed by atoms with E-state index in [9.17, 15) is 4.79 Å². The van der Waals surface area contributed by atoms with Gasteiger partial charge in [-0.25, -0.2) is 4.79 Å². The first-order valence-corrected chi connectivity index (χ1v) is 16.9. The molecule has 1 fully saturated rings. The zero-order chi connectivity index (χ0) is 26.9. The lowest BCUT2D eigenvalue weighted by Crippen LogP contribution is -2.42. The van der Waals surface area contributed by atoms with Crippen LogP contribution < -0.4 is 21.2 Å². The van der Waals surface area contributed by atoms with Gasteiger partial charge < -0.3 is 9.64 Å². The average molecular weight is 554 g/mol. The predicted molar refractivity (Wildman–Crippen MR) is 168 cm³/mol. The van der Waals surface area contributed by atoms with E-state index < -0.39 is 21.4 Å². The Hall–Kier alpha value is -2.99. The SMILES string of the molecule is CC(CCP(c1ccccc1)c1ccccc1)(CP(c1ccccc1)c1ccccc1)OC(=O)N1CCCC1. The Bertz CT molecular complexity index is 1220. The van der Waals surface area contributed by atoms with Crippen LogP contribution in [0.15, 0.2) is 121 Å². The van der Waals surface area contributed by atoms with Crippen molar-refractivity contribution in [3.63, 3.8) is 0 Å². The van der Waals surface area contributed by atoms with Crippen molar-refractivity contribution in [2.75, 3.05) is 25.4 Å². The fraction of sp³-hybridized carbons (Fsp3) is 0.265. The fourth-order valence-corrected chi connectivity index (χ4v) is 10.4. The quantitative estimate of drug-likeness (QED) is 0.206. The summed E-state index contributed by atoms with van der Waals surface area (Å²) in [5.41, 5.74) is -0.596. The van der Waals surface area contributed by atoms with Crippen LogP contribution in [0.5, 0.6) is 0 Å². The minimum atomic E-state index is -0.710. The minimum Gasteiger partial charge on any atom is -0.443 e. The highest BCUT2D eigenvalue weighted by molar-refractivity contribution is 7.73. The first-order valence-electron chi connectivity index (χ1n) is 13.8. The number of nitrogens with zero attached hydrogens (tertiary/aromatic N) is 1. The van der Waals surface area contributed by atoms with Gasteiger partial charge in [-0.15, -0.1) is 0 Å². The summed E-state index contributed by atoms with van der Waals surface area (Å²) in [4.78, 5) is 15.3. The summed E-state index contributed by atoms with van der Waals surface area (Å²) in [5.74, 6) is 0. The lowest BCUT2D eigenvalue weighted by atomic mass is 10.1. The van der Waals surface area contributed by atoms with Crippen LogP contribution in [0.4, 0.5) is 4.79 Å². The Morgan fingerprint density at radius 2 is 1.05 bits per heavy atom. The molecule has 0 saturated carbocycles. The second-order valence-electron chi connectivity index (χ2n) is 10.3. The van der Waals surface area contributed by atoms with Gasteiger partial charge in [-0.3, -0.25) is 0 Å². The molecule has 0 spiro atoms. The van der Waals surface area contributed by atoms with E-state index in [2.05, 4.69) is 128 Å². The highest BCUT2D eigenvalue weighted by atomic mass is 31.1. The van der Waals surface area contributed by atoms with Gasteiger partial charge in [0.05, 0.1) is 0 Å². The smallest absolute Gasteiger partial charge is 0.410 e. The van der Waals surface area contributed by atoms with Gasteiger partial charge in [0.15, 0.2) is 0 Å². The van der Waals surface area contributed by atoms with Gasteiger partial charge in [0, 0.05) is 19.3 Å². The van der Waals surface area contributed by atoms with Crippen molar-refractivity contribution in [1.29, 1.82) is 0 Å². The highest BCUT2D eigenvalue weighted by Gasteiger charge is 2.36. The van der Waals surface area contributed by atoms with Gasteiger partial charge in [-0.2, -0.15) is 0 Å². The number of benzene rings is 4. The normalized spacial score (nSPS) is 14.9. The second-order valence-corrected chi connectivity index (χ2v) is 14.9. The number of hydrogen-bond acceptors (Lipinski definition) is 2. The van der Waals surface area contributed by atoms with Crippen molar-refractivity contribution < 1.29 is 9.53 Å². The molecule has 0 N–H and O–H groups in total. The molecule has 0 bridgehead atoms. The number of hydrogen-bond donors (Lipinski definition) is 0. The third kappa shape index (κ3) is 7.36. The van der Waals surface area contributed by atoms with Gasteiger partial charge in [0.1, 0.15) is 5.60 Å². The van der Waals surface area contributed by atoms with Crippen LogP contribution in [0.2, 0.25) is 0 Å². The van der Waals surface area contributed by atoms with Crippen LogP contribution in [0, 0.1) is 0 Å². The molecule has 39 heavy (non-hydrogen) atoms. The maximum absolute atomic E-state index is 13.4. The van der Waals surface area contributed by atoms with Crippen LogP contribution in [0.3, 0.4) is 0 Å². The summed E-state index contributed by atoms with van der Waals surface area (Å²) in [6.45, 7) is 3.76. The zero-order valence-electron chi connectivity index (χ0n) is 22.7. The van der Waals surface area contributed by atoms with Gasteiger partial charge >= 0.3 is 6.09 Å². The molecule has 5 heteroatoms. The molecule has 1 heterocycles. The van der Waals surface area contributed by atoms with E-state index in [1.54, 1.807) is 0 Å². The van der Waals surface area contributed by atoms with Crippen molar-refractivity contribution >= 4 is 43.2 Å². The number of ether oxygens (including phenoxy) is 1. The Morgan fingerprint density at radius 1 is 0.667 bits per heavy atom. The summed E-state index contributed by atoms with van der Waals surface area (Å²) in [6.07, 6.45) is 4.51. The summed E-state index contributed by atoms with van der Waals surface area (Å²) in [5, 5.41) is 5.35. The number of likely N-dealkylation sites (tertiary alicyclic amines) is 1. The molecule has 0 aromatic heterocycles. The van der Waals surface area contributed by atoms with E-state index in [0.29, 0.717) is 0 Å². The number of carbonyl (C=O) groups excluding carboxylic acids is 1. The maximum Gasteiger partial charge on any atom is 0.410 e. The van der Waals surface area contributed by atoms with Crippen LogP contribution in [-0.4, -0.2) is 42.0 Å². The lowest BCUT2D eigenvalue weighted by molar-refractivity contribution is 0.0186. The van der Waals surface area contributed by atoms with E-state index in [0.717, 1.165) is 44.7 Å². The van der Waals surface area contributed by atoms with E-state index >= 15 is 0 Å². The molecule has 1 amide bonds. The summed E-state index contributed by atoms with van der Waals surface area (Å²) >= 11 is 0. The molecule has 5 rings (SSSR count). The molecule has 4 aromatic carbocycles. The molecular formula is C34H37NO2P2. The minimum absolute atomic E-state index is 0.158. The summed E-state index contributed by atoms with van der Waals surface area (Å²) in [6, 6.07) is 43.2. The Balaban J connectivity index is 1.46. The number of carbonyl (C=O) groups is 1. The molecule has 0 aliphatic carbocycles. The maximum atomic E-state index is 13.4. The third-order valence-corrected chi connectivity index (χ3v) is 12.7. The van der Waals surface area contributed by atoms with Crippen LogP contribution in [0.25, 0.3) is 0 Å². The van der Waals surface area contributed by atoms with Crippen molar-refractivity contribution in [3.8, 4) is 0 Å². The van der Waals surface area contributed by atoms with Gasteiger partial charge in [0.2, 0.25) is 0 Å². The van der Waals surface area contributed by atoms with E-state index in [1.807, 2.05) is 4.90 Å². The summed E-state index contributed by atoms with van der Waals surface area (Å²) < 4.78 is 6.53. The van der Waals surface area contributed by atoms with Crippen LogP contribution >= 0.6 is 15.8 Å². The molecule has 1 unspecified atom stereocenters. The average Bonchev–Trinajstić information content (AvgIpc) is 3.54. The fourth-order valence-electron chi connectivity index (χ4n) is 5.19. The van der Waals surface area contributed by atoms with Crippen LogP contribution in [-0.2, 0) is 4.74 Å². The van der Waals surface area contributed by atoms with Crippen molar-refractivity contribution in [2.24, 2.45) is 0 Å².